The van der Waals surface area contributed by atoms with Gasteiger partial charge in [-0.1, -0.05) is 51.1 Å². The van der Waals surface area contributed by atoms with Crippen LogP contribution >= 0.6 is 0 Å². The molecule has 0 aliphatic heterocycles. The summed E-state index contributed by atoms with van der Waals surface area (Å²) in [6, 6.07) is 18.2. The Hall–Kier alpha value is -3.90. The third-order valence-corrected chi connectivity index (χ3v) is 6.83. The maximum absolute atomic E-state index is 15.3. The second-order valence-corrected chi connectivity index (χ2v) is 9.63. The minimum atomic E-state index is -0.390. The fraction of sp³-hybridized carbons (Fsp3) is 0.281. The summed E-state index contributed by atoms with van der Waals surface area (Å²) in [5, 5.41) is 14.2. The molecule has 0 bridgehead atoms. The van der Waals surface area contributed by atoms with Gasteiger partial charge >= 0.3 is 0 Å². The lowest BCUT2D eigenvalue weighted by Crippen LogP contribution is -2.06. The number of rotatable bonds is 11. The summed E-state index contributed by atoms with van der Waals surface area (Å²) in [6.07, 6.45) is 3.47. The summed E-state index contributed by atoms with van der Waals surface area (Å²) in [7, 11) is 0. The smallest absolute Gasteiger partial charge is 0.166 e. The molecule has 0 aliphatic carbocycles. The number of pyridine rings is 1. The van der Waals surface area contributed by atoms with E-state index >= 15 is 4.39 Å². The van der Waals surface area contributed by atoms with E-state index in [-0.39, 0.29) is 29.9 Å². The number of hydrogen-bond acceptors (Lipinski definition) is 5. The zero-order valence-electron chi connectivity index (χ0n) is 22.1. The van der Waals surface area contributed by atoms with E-state index in [1.807, 2.05) is 56.3 Å². The van der Waals surface area contributed by atoms with Gasteiger partial charge in [-0.25, -0.2) is 4.39 Å². The van der Waals surface area contributed by atoms with E-state index in [2.05, 4.69) is 10.3 Å². The molecule has 2 N–H and O–H groups in total. The lowest BCUT2D eigenvalue weighted by Gasteiger charge is -2.18. The summed E-state index contributed by atoms with van der Waals surface area (Å²) in [5.74, 6) is -0.541. The number of anilines is 2. The number of Topliss-reactive ketones (excluding diaryl/α,β-unsaturated/α-hetero) is 2. The summed E-state index contributed by atoms with van der Waals surface area (Å²) in [6.45, 7) is 5.37. The van der Waals surface area contributed by atoms with Gasteiger partial charge in [0.1, 0.15) is 11.6 Å². The van der Waals surface area contributed by atoms with Crippen molar-refractivity contribution in [1.29, 1.82) is 0 Å². The molecule has 1 atom stereocenters. The Morgan fingerprint density at radius 1 is 1.05 bits per heavy atom. The van der Waals surface area contributed by atoms with E-state index < -0.39 is 0 Å². The highest BCUT2D eigenvalue weighted by Gasteiger charge is 2.19. The maximum Gasteiger partial charge on any atom is 0.166 e. The number of benzene rings is 3. The van der Waals surface area contributed by atoms with Crippen molar-refractivity contribution in [2.24, 2.45) is 0 Å². The van der Waals surface area contributed by atoms with E-state index in [0.717, 1.165) is 12.1 Å². The van der Waals surface area contributed by atoms with E-state index in [4.69, 9.17) is 0 Å². The maximum atomic E-state index is 15.3. The van der Waals surface area contributed by atoms with Crippen LogP contribution in [-0.4, -0.2) is 21.7 Å². The fourth-order valence-corrected chi connectivity index (χ4v) is 4.81. The number of para-hydroxylation sites is 1. The van der Waals surface area contributed by atoms with Crippen molar-refractivity contribution < 1.29 is 19.1 Å². The first-order chi connectivity index (χ1) is 18.4. The standard InChI is InChI=1S/C32H33FN2O3/c1-4-9-24(37)14-20(3)25-13-12-21(15-29(25)33)26-17-27-30(16-22(26)19-36)34-18-28(31(38)5-2)32(27)35-23-10-7-6-8-11-23/h6-8,10-13,15-18,20,36H,4-5,9,14,19H2,1-3H3,(H,34,35). The molecule has 1 heterocycles. The number of aromatic nitrogens is 1. The second kappa shape index (κ2) is 12.1. The van der Waals surface area contributed by atoms with Crippen LogP contribution in [0.5, 0.6) is 0 Å². The first-order valence-electron chi connectivity index (χ1n) is 13.1. The number of aliphatic hydroxyl groups excluding tert-OH is 1. The SMILES string of the molecule is CCCC(=O)CC(C)c1ccc(-c2cc3c(Nc4ccccc4)c(C(=O)CC)cnc3cc2CO)cc1F. The van der Waals surface area contributed by atoms with Gasteiger partial charge in [-0.15, -0.1) is 0 Å². The van der Waals surface area contributed by atoms with Crippen molar-refractivity contribution in [3.05, 3.63) is 89.4 Å². The van der Waals surface area contributed by atoms with Gasteiger partial charge in [0.25, 0.3) is 0 Å². The molecule has 0 saturated heterocycles. The number of aliphatic hydroxyl groups is 1. The Balaban J connectivity index is 1.83. The Morgan fingerprint density at radius 3 is 2.47 bits per heavy atom. The lowest BCUT2D eigenvalue weighted by atomic mass is 9.90. The lowest BCUT2D eigenvalue weighted by molar-refractivity contribution is -0.119. The zero-order chi connectivity index (χ0) is 27.2. The van der Waals surface area contributed by atoms with Crippen LogP contribution in [0.2, 0.25) is 0 Å². The molecule has 0 amide bonds. The number of carbonyl (C=O) groups excluding carboxylic acids is 2. The monoisotopic (exact) mass is 512 g/mol. The van der Waals surface area contributed by atoms with Crippen molar-refractivity contribution in [2.45, 2.75) is 59.0 Å². The van der Waals surface area contributed by atoms with Gasteiger partial charge < -0.3 is 10.4 Å². The Bertz CT molecular complexity index is 1470. The van der Waals surface area contributed by atoms with Crippen LogP contribution in [0.15, 0.2) is 66.9 Å². The Kier molecular flexibility index (Phi) is 8.64. The molecule has 38 heavy (non-hydrogen) atoms. The number of ketones is 2. The average molecular weight is 513 g/mol. The van der Waals surface area contributed by atoms with Gasteiger partial charge in [0, 0.05) is 36.5 Å². The Labute approximate surface area is 222 Å². The number of nitrogens with zero attached hydrogens (tertiary/aromatic N) is 1. The van der Waals surface area contributed by atoms with Crippen LogP contribution in [0.3, 0.4) is 0 Å². The van der Waals surface area contributed by atoms with Crippen LogP contribution in [0.1, 0.15) is 73.9 Å². The van der Waals surface area contributed by atoms with Crippen molar-refractivity contribution in [1.82, 2.24) is 4.98 Å². The van der Waals surface area contributed by atoms with E-state index in [1.54, 1.807) is 25.3 Å². The van der Waals surface area contributed by atoms with E-state index in [0.29, 0.717) is 63.7 Å². The summed E-state index contributed by atoms with van der Waals surface area (Å²) >= 11 is 0. The highest BCUT2D eigenvalue weighted by molar-refractivity contribution is 6.09. The van der Waals surface area contributed by atoms with Crippen molar-refractivity contribution in [3.8, 4) is 11.1 Å². The third kappa shape index (κ3) is 5.81. The topological polar surface area (TPSA) is 79.3 Å². The second-order valence-electron chi connectivity index (χ2n) is 9.63. The summed E-state index contributed by atoms with van der Waals surface area (Å²) in [4.78, 5) is 29.4. The normalized spacial score (nSPS) is 11.9. The fourth-order valence-electron chi connectivity index (χ4n) is 4.81. The number of fused-ring (bicyclic) bond motifs is 1. The van der Waals surface area contributed by atoms with Crippen LogP contribution in [0.25, 0.3) is 22.0 Å². The molecule has 5 nitrogen and oxygen atoms in total. The zero-order valence-corrected chi connectivity index (χ0v) is 22.1. The number of nitrogens with one attached hydrogen (secondary N) is 1. The van der Waals surface area contributed by atoms with Gasteiger partial charge in [-0.05, 0) is 64.9 Å². The largest absolute Gasteiger partial charge is 0.392 e. The van der Waals surface area contributed by atoms with Crippen LogP contribution in [0, 0.1) is 5.82 Å². The first kappa shape index (κ1) is 27.1. The molecular weight excluding hydrogens is 479 g/mol. The molecule has 0 spiro atoms. The molecule has 196 valence electrons. The number of hydrogen-bond donors (Lipinski definition) is 2. The highest BCUT2D eigenvalue weighted by Crippen LogP contribution is 2.36. The van der Waals surface area contributed by atoms with Crippen molar-refractivity contribution >= 4 is 33.8 Å². The quantitative estimate of drug-likeness (QED) is 0.201. The molecule has 4 rings (SSSR count). The highest BCUT2D eigenvalue weighted by atomic mass is 19.1. The molecular formula is C32H33FN2O3. The predicted octanol–water partition coefficient (Wildman–Crippen LogP) is 7.73. The number of carbonyl (C=O) groups is 2. The molecule has 6 heteroatoms. The van der Waals surface area contributed by atoms with Crippen LogP contribution in [-0.2, 0) is 11.4 Å². The predicted molar refractivity (Wildman–Crippen MR) is 150 cm³/mol. The molecule has 3 aromatic carbocycles. The average Bonchev–Trinajstić information content (AvgIpc) is 2.92. The molecule has 0 aliphatic rings. The number of halogens is 1. The minimum absolute atomic E-state index is 0.0485. The van der Waals surface area contributed by atoms with Gasteiger partial charge in [-0.3, -0.25) is 14.6 Å². The van der Waals surface area contributed by atoms with Gasteiger partial charge in [0.15, 0.2) is 5.78 Å². The Morgan fingerprint density at radius 2 is 1.82 bits per heavy atom. The van der Waals surface area contributed by atoms with Gasteiger partial charge in [0.2, 0.25) is 0 Å². The van der Waals surface area contributed by atoms with Crippen LogP contribution in [0.4, 0.5) is 15.8 Å². The van der Waals surface area contributed by atoms with E-state index in [1.165, 1.54) is 6.07 Å². The van der Waals surface area contributed by atoms with Gasteiger partial charge in [-0.2, -0.15) is 0 Å². The van der Waals surface area contributed by atoms with E-state index in [9.17, 15) is 14.7 Å². The van der Waals surface area contributed by atoms with Gasteiger partial charge in [0.05, 0.1) is 23.4 Å². The summed E-state index contributed by atoms with van der Waals surface area (Å²) in [5.41, 5.74) is 4.87. The molecule has 1 aromatic heterocycles. The first-order valence-corrected chi connectivity index (χ1v) is 13.1. The molecule has 0 radical (unpaired) electrons. The summed E-state index contributed by atoms with van der Waals surface area (Å²) < 4.78 is 15.3. The van der Waals surface area contributed by atoms with Crippen LogP contribution < -0.4 is 5.32 Å². The minimum Gasteiger partial charge on any atom is -0.392 e. The molecule has 0 fully saturated rings. The molecule has 1 unspecified atom stereocenters. The third-order valence-electron chi connectivity index (χ3n) is 6.83. The molecule has 4 aromatic rings. The van der Waals surface area contributed by atoms with Crippen molar-refractivity contribution in [2.75, 3.05) is 5.32 Å². The van der Waals surface area contributed by atoms with Crippen molar-refractivity contribution in [3.63, 3.8) is 0 Å². The molecule has 0 saturated carbocycles.